The number of carbonyl (C=O) groups excluding carboxylic acids is 4. The summed E-state index contributed by atoms with van der Waals surface area (Å²) in [6, 6.07) is 22.1. The Morgan fingerprint density at radius 2 is 1.39 bits per heavy atom. The molecule has 0 aromatic heterocycles. The van der Waals surface area contributed by atoms with Crippen molar-refractivity contribution in [3.05, 3.63) is 102 Å². The Morgan fingerprint density at radius 1 is 0.788 bits per heavy atom. The van der Waals surface area contributed by atoms with E-state index in [-0.39, 0.29) is 5.56 Å². The molecule has 1 unspecified atom stereocenters. The van der Waals surface area contributed by atoms with Crippen LogP contribution in [-0.4, -0.2) is 37.4 Å². The maximum absolute atomic E-state index is 12.7. The van der Waals surface area contributed by atoms with E-state index in [2.05, 4.69) is 10.6 Å². The fraction of sp³-hybridized carbons (Fsp3) is 0.120. The minimum Gasteiger partial charge on any atom is -0.496 e. The Balaban J connectivity index is 1.65. The largest absolute Gasteiger partial charge is 0.496 e. The maximum Gasteiger partial charge on any atom is 0.333 e. The van der Waals surface area contributed by atoms with Crippen molar-refractivity contribution >= 4 is 23.7 Å². The summed E-state index contributed by atoms with van der Waals surface area (Å²) in [5.74, 6) is -2.53. The Labute approximate surface area is 190 Å². The summed E-state index contributed by atoms with van der Waals surface area (Å²) in [5.41, 5.74) is 1.01. The first-order valence-electron chi connectivity index (χ1n) is 10.0. The number of esters is 1. The van der Waals surface area contributed by atoms with Crippen LogP contribution in [0.5, 0.6) is 5.75 Å². The quantitative estimate of drug-likeness (QED) is 0.515. The van der Waals surface area contributed by atoms with Gasteiger partial charge in [0.15, 0.2) is 12.6 Å². The standard InChI is InChI=1S/C25H22N2O6/c1-32-20-15-9-8-14-19(20)24(30)26-21(28)16-33-25(31)22(17-10-4-2-5-11-17)27-23(29)18-12-6-3-7-13-18/h2-15,22H,16H2,1H3,(H,27,29)(H,26,28,30). The molecule has 0 aliphatic rings. The molecule has 2 N–H and O–H groups in total. The van der Waals surface area contributed by atoms with Crippen molar-refractivity contribution in [3.8, 4) is 5.75 Å². The zero-order valence-electron chi connectivity index (χ0n) is 17.8. The van der Waals surface area contributed by atoms with Gasteiger partial charge >= 0.3 is 5.97 Å². The highest BCUT2D eigenvalue weighted by atomic mass is 16.5. The number of nitrogens with one attached hydrogen (secondary N) is 2. The van der Waals surface area contributed by atoms with Crippen molar-refractivity contribution in [1.29, 1.82) is 0 Å². The molecule has 3 aromatic rings. The molecule has 0 bridgehead atoms. The highest BCUT2D eigenvalue weighted by molar-refractivity contribution is 6.06. The summed E-state index contributed by atoms with van der Waals surface area (Å²) in [6.45, 7) is -0.704. The number of methoxy groups -OCH3 is 1. The van der Waals surface area contributed by atoms with Crippen molar-refractivity contribution in [2.75, 3.05) is 13.7 Å². The number of hydrogen-bond acceptors (Lipinski definition) is 6. The molecule has 0 spiro atoms. The molecule has 0 heterocycles. The lowest BCUT2D eigenvalue weighted by Gasteiger charge is -2.18. The molecule has 0 saturated heterocycles. The summed E-state index contributed by atoms with van der Waals surface area (Å²) in [6.07, 6.45) is 0. The van der Waals surface area contributed by atoms with Crippen LogP contribution in [0.3, 0.4) is 0 Å². The molecular weight excluding hydrogens is 424 g/mol. The van der Waals surface area contributed by atoms with Crippen molar-refractivity contribution in [3.63, 3.8) is 0 Å². The van der Waals surface area contributed by atoms with E-state index in [9.17, 15) is 19.2 Å². The van der Waals surface area contributed by atoms with Gasteiger partial charge in [0.05, 0.1) is 12.7 Å². The summed E-state index contributed by atoms with van der Waals surface area (Å²) in [4.78, 5) is 49.9. The van der Waals surface area contributed by atoms with Crippen molar-refractivity contribution in [1.82, 2.24) is 10.6 Å². The van der Waals surface area contributed by atoms with Gasteiger partial charge in [-0.25, -0.2) is 4.79 Å². The molecular formula is C25H22N2O6. The van der Waals surface area contributed by atoms with Crippen molar-refractivity contribution in [2.24, 2.45) is 0 Å². The second-order valence-corrected chi connectivity index (χ2v) is 6.87. The third kappa shape index (κ3) is 6.27. The summed E-state index contributed by atoms with van der Waals surface area (Å²) in [5, 5.41) is 4.78. The molecule has 0 aliphatic carbocycles. The number of imide groups is 1. The minimum absolute atomic E-state index is 0.164. The number of amides is 3. The van der Waals surface area contributed by atoms with Gasteiger partial charge in [0.1, 0.15) is 5.75 Å². The van der Waals surface area contributed by atoms with Crippen molar-refractivity contribution < 1.29 is 28.7 Å². The van der Waals surface area contributed by atoms with E-state index in [4.69, 9.17) is 9.47 Å². The van der Waals surface area contributed by atoms with Gasteiger partial charge in [-0.3, -0.25) is 19.7 Å². The van der Waals surface area contributed by atoms with E-state index in [1.807, 2.05) is 0 Å². The topological polar surface area (TPSA) is 111 Å². The Bertz CT molecular complexity index is 1130. The Kier molecular flexibility index (Phi) is 7.91. The second kappa shape index (κ2) is 11.2. The molecule has 0 saturated carbocycles. The van der Waals surface area contributed by atoms with Crippen LogP contribution in [0, 0.1) is 0 Å². The lowest BCUT2D eigenvalue weighted by atomic mass is 10.1. The molecule has 3 rings (SSSR count). The van der Waals surface area contributed by atoms with E-state index < -0.39 is 36.3 Å². The molecule has 3 aromatic carbocycles. The van der Waals surface area contributed by atoms with Crippen LogP contribution in [-0.2, 0) is 14.3 Å². The van der Waals surface area contributed by atoms with Gasteiger partial charge in [-0.1, -0.05) is 60.7 Å². The van der Waals surface area contributed by atoms with E-state index >= 15 is 0 Å². The number of hydrogen-bond donors (Lipinski definition) is 2. The first-order valence-corrected chi connectivity index (χ1v) is 10.0. The van der Waals surface area contributed by atoms with Crippen LogP contribution in [0.25, 0.3) is 0 Å². The smallest absolute Gasteiger partial charge is 0.333 e. The van der Waals surface area contributed by atoms with E-state index in [0.29, 0.717) is 16.9 Å². The predicted octanol–water partition coefficient (Wildman–Crippen LogP) is 2.67. The minimum atomic E-state index is -1.14. The normalized spacial score (nSPS) is 11.1. The average Bonchev–Trinajstić information content (AvgIpc) is 2.86. The lowest BCUT2D eigenvalue weighted by Crippen LogP contribution is -2.38. The molecule has 8 nitrogen and oxygen atoms in total. The van der Waals surface area contributed by atoms with E-state index in [1.165, 1.54) is 13.2 Å². The van der Waals surface area contributed by atoms with E-state index in [0.717, 1.165) is 0 Å². The Hall–Kier alpha value is -4.46. The second-order valence-electron chi connectivity index (χ2n) is 6.87. The SMILES string of the molecule is COc1ccccc1C(=O)NC(=O)COC(=O)C(NC(=O)c1ccccc1)c1ccccc1. The van der Waals surface area contributed by atoms with Gasteiger partial charge in [0.2, 0.25) is 0 Å². The molecule has 0 fully saturated rings. The van der Waals surface area contributed by atoms with Crippen LogP contribution in [0.15, 0.2) is 84.9 Å². The van der Waals surface area contributed by atoms with Gasteiger partial charge in [0, 0.05) is 5.56 Å². The van der Waals surface area contributed by atoms with E-state index in [1.54, 1.807) is 78.9 Å². The number of rotatable bonds is 8. The molecule has 168 valence electrons. The third-order valence-electron chi connectivity index (χ3n) is 4.63. The number of benzene rings is 3. The van der Waals surface area contributed by atoms with Gasteiger partial charge < -0.3 is 14.8 Å². The maximum atomic E-state index is 12.7. The first kappa shape index (κ1) is 23.2. The molecule has 0 radical (unpaired) electrons. The molecule has 1 atom stereocenters. The number of ether oxygens (including phenoxy) is 2. The summed E-state index contributed by atoms with van der Waals surface area (Å²) < 4.78 is 10.2. The fourth-order valence-corrected chi connectivity index (χ4v) is 3.01. The lowest BCUT2D eigenvalue weighted by molar-refractivity contribution is -0.150. The average molecular weight is 446 g/mol. The predicted molar refractivity (Wildman–Crippen MR) is 120 cm³/mol. The first-order chi connectivity index (χ1) is 16.0. The van der Waals surface area contributed by atoms with Crippen LogP contribution in [0.1, 0.15) is 32.3 Å². The van der Waals surface area contributed by atoms with Gasteiger partial charge in [-0.2, -0.15) is 0 Å². The van der Waals surface area contributed by atoms with Gasteiger partial charge in [0.25, 0.3) is 17.7 Å². The summed E-state index contributed by atoms with van der Waals surface area (Å²) in [7, 11) is 1.41. The van der Waals surface area contributed by atoms with Gasteiger partial charge in [-0.05, 0) is 29.8 Å². The fourth-order valence-electron chi connectivity index (χ4n) is 3.01. The highest BCUT2D eigenvalue weighted by Crippen LogP contribution is 2.17. The summed E-state index contributed by atoms with van der Waals surface area (Å²) >= 11 is 0. The Morgan fingerprint density at radius 3 is 2.06 bits per heavy atom. The van der Waals surface area contributed by atoms with Crippen LogP contribution in [0.2, 0.25) is 0 Å². The van der Waals surface area contributed by atoms with Crippen LogP contribution >= 0.6 is 0 Å². The van der Waals surface area contributed by atoms with Crippen LogP contribution in [0.4, 0.5) is 0 Å². The van der Waals surface area contributed by atoms with Crippen molar-refractivity contribution in [2.45, 2.75) is 6.04 Å². The molecule has 0 aliphatic heterocycles. The monoisotopic (exact) mass is 446 g/mol. The zero-order valence-corrected chi connectivity index (χ0v) is 17.8. The highest BCUT2D eigenvalue weighted by Gasteiger charge is 2.26. The molecule has 33 heavy (non-hydrogen) atoms. The third-order valence-corrected chi connectivity index (χ3v) is 4.63. The number of carbonyl (C=O) groups is 4. The van der Waals surface area contributed by atoms with Crippen LogP contribution < -0.4 is 15.4 Å². The molecule has 8 heteroatoms. The van der Waals surface area contributed by atoms with Gasteiger partial charge in [-0.15, -0.1) is 0 Å². The number of para-hydroxylation sites is 1. The molecule has 3 amide bonds. The zero-order chi connectivity index (χ0) is 23.6.